The molecule has 3 aromatic carbocycles. The highest BCUT2D eigenvalue weighted by molar-refractivity contribution is 7.10. The minimum absolute atomic E-state index is 0.0274. The smallest absolute Gasteiger partial charge is 0.302 e. The molecule has 0 saturated heterocycles. The highest BCUT2D eigenvalue weighted by Crippen LogP contribution is 2.11. The highest BCUT2D eigenvalue weighted by Gasteiger charge is 2.34. The first-order chi connectivity index (χ1) is 13.0. The number of ether oxygens (including phenoxy) is 1. The third-order valence-electron chi connectivity index (χ3n) is 4.98. The predicted molar refractivity (Wildman–Crippen MR) is 111 cm³/mol. The Bertz CT molecular complexity index is 924. The van der Waals surface area contributed by atoms with E-state index in [4.69, 9.17) is 4.74 Å². The molecule has 0 aliphatic carbocycles. The standard InChI is InChI=1S/C23H24O3Si/c1-18(25)26-17-20-9-7-13-23(15-20)27(2,21-10-4-3-5-11-21)22-12-6-8-19(14-22)16-24/h3-15,24H,16-17H2,1-2H3/t27-/m0/s1. The van der Waals surface area contributed by atoms with Crippen molar-refractivity contribution in [3.63, 3.8) is 0 Å². The summed E-state index contributed by atoms with van der Waals surface area (Å²) >= 11 is 0. The SMILES string of the molecule is CC(=O)OCc1cccc([Si@@](C)(c2ccccc2)c2cccc(CO)c2)c1. The normalized spacial score (nSPS) is 13.0. The van der Waals surface area contributed by atoms with Crippen molar-refractivity contribution in [2.45, 2.75) is 26.7 Å². The van der Waals surface area contributed by atoms with Crippen LogP contribution < -0.4 is 15.6 Å². The molecule has 1 atom stereocenters. The number of hydrogen-bond donors (Lipinski definition) is 1. The summed E-state index contributed by atoms with van der Waals surface area (Å²) < 4.78 is 5.19. The molecule has 0 radical (unpaired) electrons. The van der Waals surface area contributed by atoms with Crippen molar-refractivity contribution in [2.75, 3.05) is 0 Å². The first-order valence-electron chi connectivity index (χ1n) is 9.02. The van der Waals surface area contributed by atoms with E-state index in [2.05, 4.69) is 55.1 Å². The van der Waals surface area contributed by atoms with Crippen molar-refractivity contribution >= 4 is 29.6 Å². The van der Waals surface area contributed by atoms with Gasteiger partial charge in [0.15, 0.2) is 0 Å². The van der Waals surface area contributed by atoms with E-state index in [1.807, 2.05) is 30.3 Å². The molecular formula is C23H24O3Si. The summed E-state index contributed by atoms with van der Waals surface area (Å²) in [5.74, 6) is -0.279. The number of carbonyl (C=O) groups excluding carboxylic acids is 1. The highest BCUT2D eigenvalue weighted by atomic mass is 28.3. The van der Waals surface area contributed by atoms with Crippen LogP contribution in [0.3, 0.4) is 0 Å². The van der Waals surface area contributed by atoms with Gasteiger partial charge in [0.25, 0.3) is 0 Å². The number of rotatable bonds is 6. The van der Waals surface area contributed by atoms with Crippen molar-refractivity contribution in [1.82, 2.24) is 0 Å². The largest absolute Gasteiger partial charge is 0.461 e. The number of benzene rings is 3. The lowest BCUT2D eigenvalue weighted by Crippen LogP contribution is -2.64. The molecule has 138 valence electrons. The molecule has 3 nitrogen and oxygen atoms in total. The molecule has 4 heteroatoms. The van der Waals surface area contributed by atoms with Crippen molar-refractivity contribution in [1.29, 1.82) is 0 Å². The molecule has 0 unspecified atom stereocenters. The molecule has 27 heavy (non-hydrogen) atoms. The zero-order valence-electron chi connectivity index (χ0n) is 15.7. The second-order valence-electron chi connectivity index (χ2n) is 6.83. The fourth-order valence-electron chi connectivity index (χ4n) is 3.41. The predicted octanol–water partition coefficient (Wildman–Crippen LogP) is 2.34. The molecule has 0 fully saturated rings. The number of aliphatic hydroxyl groups is 1. The second-order valence-corrected chi connectivity index (χ2v) is 10.8. The van der Waals surface area contributed by atoms with Crippen LogP contribution in [0.15, 0.2) is 78.9 Å². The van der Waals surface area contributed by atoms with Crippen molar-refractivity contribution in [2.24, 2.45) is 0 Å². The van der Waals surface area contributed by atoms with Crippen molar-refractivity contribution < 1.29 is 14.6 Å². The fourth-order valence-corrected chi connectivity index (χ4v) is 7.08. The molecule has 0 aromatic heterocycles. The van der Waals surface area contributed by atoms with Crippen LogP contribution in [0, 0.1) is 0 Å². The molecule has 3 rings (SSSR count). The molecular weight excluding hydrogens is 352 g/mol. The minimum atomic E-state index is -2.26. The van der Waals surface area contributed by atoms with Crippen LogP contribution >= 0.6 is 0 Å². The molecule has 3 aromatic rings. The van der Waals surface area contributed by atoms with E-state index in [-0.39, 0.29) is 19.2 Å². The van der Waals surface area contributed by atoms with E-state index in [1.165, 1.54) is 22.5 Å². The number of esters is 1. The number of carbonyl (C=O) groups is 1. The topological polar surface area (TPSA) is 46.5 Å². The van der Waals surface area contributed by atoms with Crippen LogP contribution in [0.25, 0.3) is 0 Å². The third-order valence-corrected chi connectivity index (χ3v) is 9.40. The van der Waals surface area contributed by atoms with Crippen LogP contribution in [-0.2, 0) is 22.7 Å². The minimum Gasteiger partial charge on any atom is -0.461 e. The van der Waals surface area contributed by atoms with Gasteiger partial charge in [0, 0.05) is 6.92 Å². The Kier molecular flexibility index (Phi) is 5.89. The first-order valence-corrected chi connectivity index (χ1v) is 11.5. The van der Waals surface area contributed by atoms with Gasteiger partial charge in [0.05, 0.1) is 6.61 Å². The lowest BCUT2D eigenvalue weighted by molar-refractivity contribution is -0.142. The van der Waals surface area contributed by atoms with Crippen molar-refractivity contribution in [3.05, 3.63) is 90.0 Å². The molecule has 0 amide bonds. The van der Waals surface area contributed by atoms with E-state index in [9.17, 15) is 9.90 Å². The van der Waals surface area contributed by atoms with Crippen molar-refractivity contribution in [3.8, 4) is 0 Å². The number of aliphatic hydroxyl groups excluding tert-OH is 1. The maximum atomic E-state index is 11.2. The Morgan fingerprint density at radius 1 is 0.852 bits per heavy atom. The Morgan fingerprint density at radius 3 is 2.00 bits per heavy atom. The van der Waals surface area contributed by atoms with Gasteiger partial charge in [-0.1, -0.05) is 85.4 Å². The van der Waals surface area contributed by atoms with Gasteiger partial charge in [0.1, 0.15) is 14.7 Å². The zero-order chi connectivity index (χ0) is 19.3. The first kappa shape index (κ1) is 19.1. The van der Waals surface area contributed by atoms with Gasteiger partial charge in [-0.25, -0.2) is 0 Å². The monoisotopic (exact) mass is 376 g/mol. The molecule has 0 aliphatic rings. The van der Waals surface area contributed by atoms with Gasteiger partial charge in [-0.05, 0) is 26.7 Å². The molecule has 0 spiro atoms. The maximum Gasteiger partial charge on any atom is 0.302 e. The summed E-state index contributed by atoms with van der Waals surface area (Å²) in [6.45, 7) is 4.05. The maximum absolute atomic E-state index is 11.2. The van der Waals surface area contributed by atoms with E-state index in [0.717, 1.165) is 11.1 Å². The second kappa shape index (κ2) is 8.33. The Balaban J connectivity index is 2.13. The summed E-state index contributed by atoms with van der Waals surface area (Å²) in [5, 5.41) is 13.4. The lowest BCUT2D eigenvalue weighted by atomic mass is 10.2. The quantitative estimate of drug-likeness (QED) is 0.408. The summed E-state index contributed by atoms with van der Waals surface area (Å²) in [5.41, 5.74) is 1.90. The zero-order valence-corrected chi connectivity index (χ0v) is 16.7. The Hall–Kier alpha value is -2.69. The molecule has 0 bridgehead atoms. The third kappa shape index (κ3) is 4.18. The molecule has 0 heterocycles. The average Bonchev–Trinajstić information content (AvgIpc) is 2.72. The van der Waals surface area contributed by atoms with Crippen LogP contribution in [0.2, 0.25) is 6.55 Å². The summed E-state index contributed by atoms with van der Waals surface area (Å²) in [4.78, 5) is 11.2. The van der Waals surface area contributed by atoms with Crippen LogP contribution in [0.5, 0.6) is 0 Å². The molecule has 0 aliphatic heterocycles. The van der Waals surface area contributed by atoms with E-state index in [1.54, 1.807) is 0 Å². The molecule has 0 saturated carbocycles. The van der Waals surface area contributed by atoms with E-state index >= 15 is 0 Å². The van der Waals surface area contributed by atoms with Gasteiger partial charge >= 0.3 is 5.97 Å². The van der Waals surface area contributed by atoms with E-state index < -0.39 is 8.07 Å². The van der Waals surface area contributed by atoms with Crippen LogP contribution in [0.1, 0.15) is 18.1 Å². The van der Waals surface area contributed by atoms with Gasteiger partial charge in [-0.3, -0.25) is 4.79 Å². The summed E-state index contributed by atoms with van der Waals surface area (Å²) in [6.07, 6.45) is 0. The summed E-state index contributed by atoms with van der Waals surface area (Å²) in [6, 6.07) is 27.0. The summed E-state index contributed by atoms with van der Waals surface area (Å²) in [7, 11) is -2.26. The average molecular weight is 377 g/mol. The lowest BCUT2D eigenvalue weighted by Gasteiger charge is -2.30. The van der Waals surface area contributed by atoms with Gasteiger partial charge in [0.2, 0.25) is 0 Å². The number of hydrogen-bond acceptors (Lipinski definition) is 3. The fraction of sp³-hybridized carbons (Fsp3) is 0.174. The Labute approximate surface area is 161 Å². The van der Waals surface area contributed by atoms with Crippen LogP contribution in [0.4, 0.5) is 0 Å². The van der Waals surface area contributed by atoms with Crippen LogP contribution in [-0.4, -0.2) is 19.1 Å². The van der Waals surface area contributed by atoms with Gasteiger partial charge < -0.3 is 9.84 Å². The molecule has 1 N–H and O–H groups in total. The van der Waals surface area contributed by atoms with Gasteiger partial charge in [-0.2, -0.15) is 0 Å². The Morgan fingerprint density at radius 2 is 1.41 bits per heavy atom. The van der Waals surface area contributed by atoms with Gasteiger partial charge in [-0.15, -0.1) is 0 Å². The van der Waals surface area contributed by atoms with E-state index in [0.29, 0.717) is 0 Å².